The summed E-state index contributed by atoms with van der Waals surface area (Å²) in [5.41, 5.74) is 14.0. The molecule has 0 bridgehead atoms. The normalized spacial score (nSPS) is 14.1. The second-order valence-corrected chi connectivity index (χ2v) is 18.6. The number of nitrogens with one attached hydrogen (secondary N) is 8. The average Bonchev–Trinajstić information content (AvgIpc) is 3.85. The molecule has 426 valence electrons. The number of hydrogen-bond donors (Lipinski definition) is 15. The first-order valence-electron chi connectivity index (χ1n) is 25.4. The molecule has 4 rings (SSSR count). The van der Waals surface area contributed by atoms with Gasteiger partial charge in [-0.1, -0.05) is 78.9 Å². The molecule has 0 aliphatic heterocycles. The second-order valence-electron chi connectivity index (χ2n) is 18.6. The summed E-state index contributed by atoms with van der Waals surface area (Å²) in [6.07, 6.45) is -1.65. The van der Waals surface area contributed by atoms with Crippen LogP contribution in [0.2, 0.25) is 0 Å². The number of carbonyl (C=O) groups excluding carboxylic acids is 7. The SMILES string of the molecule is NCCCC[C@H](NC(=O)[C@H](Cc1c[nH]c2ccccc12)NC(=O)[C@@H](N)CCC(=O)O)C(=O)N[C@@H](CO)C(=O)N[C@@H](CCC(=O)O)C(=O)N[C@@H](Cc1ccccc1)C(=O)N[C@@H](CCC(=O)O)C(=O)N[C@@H](Cc1ccccc1)C(=O)O. The molecule has 1 aromatic heterocycles. The van der Waals surface area contributed by atoms with Crippen molar-refractivity contribution in [1.29, 1.82) is 0 Å². The molecule has 17 N–H and O–H groups in total. The zero-order valence-corrected chi connectivity index (χ0v) is 43.1. The maximum atomic E-state index is 14.2. The first-order valence-corrected chi connectivity index (χ1v) is 25.4. The third-order valence-corrected chi connectivity index (χ3v) is 12.5. The van der Waals surface area contributed by atoms with Crippen molar-refractivity contribution in [3.05, 3.63) is 108 Å². The van der Waals surface area contributed by atoms with E-state index in [9.17, 15) is 73.2 Å². The topological polar surface area (TPSA) is 441 Å². The molecule has 7 amide bonds. The monoisotopic (exact) mass is 1100 g/mol. The van der Waals surface area contributed by atoms with Gasteiger partial charge in [-0.3, -0.25) is 47.9 Å². The number of unbranched alkanes of at least 4 members (excludes halogenated alkanes) is 1. The first-order chi connectivity index (χ1) is 37.7. The quantitative estimate of drug-likeness (QED) is 0.0239. The fourth-order valence-electron chi connectivity index (χ4n) is 8.19. The van der Waals surface area contributed by atoms with Gasteiger partial charge in [-0.15, -0.1) is 0 Å². The molecule has 8 atom stereocenters. The van der Waals surface area contributed by atoms with Crippen LogP contribution in [0.5, 0.6) is 0 Å². The van der Waals surface area contributed by atoms with Crippen molar-refractivity contribution < 1.29 is 78.3 Å². The number of nitrogens with two attached hydrogens (primary N) is 2. The lowest BCUT2D eigenvalue weighted by atomic mass is 10.0. The molecule has 1 heterocycles. The Bertz CT molecular complexity index is 2740. The molecule has 0 aliphatic carbocycles. The number of fused-ring (bicyclic) bond motifs is 1. The number of aromatic amines is 1. The van der Waals surface area contributed by atoms with Gasteiger partial charge in [-0.25, -0.2) is 4.79 Å². The number of aliphatic hydroxyl groups is 1. The number of para-hydroxylation sites is 1. The minimum absolute atomic E-state index is 0.0818. The van der Waals surface area contributed by atoms with Crippen LogP contribution in [-0.2, 0) is 72.0 Å². The summed E-state index contributed by atoms with van der Waals surface area (Å²) in [6, 6.07) is 10.8. The van der Waals surface area contributed by atoms with Gasteiger partial charge in [0, 0.05) is 55.6 Å². The lowest BCUT2D eigenvalue weighted by Crippen LogP contribution is -2.61. The molecule has 79 heavy (non-hydrogen) atoms. The number of rotatable bonds is 35. The van der Waals surface area contributed by atoms with Crippen LogP contribution in [0.15, 0.2) is 91.1 Å². The van der Waals surface area contributed by atoms with Gasteiger partial charge in [0.05, 0.1) is 12.6 Å². The van der Waals surface area contributed by atoms with Crippen LogP contribution < -0.4 is 48.7 Å². The number of aromatic nitrogens is 1. The maximum absolute atomic E-state index is 14.2. The highest BCUT2D eigenvalue weighted by molar-refractivity contribution is 5.98. The standard InChI is InChI=1S/C53H68N10O16/c54-24-10-9-17-36(57-51(76)40(60-46(71)34(55)18-21-43(65)66)27-32-28-56-35-16-8-7-15-33(32)35)47(72)63-42(29-64)52(77)59-37(19-22-44(67)68)48(73)61-39(25-30-11-3-1-4-12-30)50(75)58-38(20-23-45(69)70)49(74)62-41(53(78)79)26-31-13-5-2-6-14-31/h1-8,11-16,28,34,36-42,56,64H,9-10,17-27,29,54-55H2,(H,57,76)(H,58,75)(H,59,77)(H,60,71)(H,61,73)(H,62,74)(H,63,72)(H,65,66)(H,67,68)(H,69,70)(H,78,79)/t34-,36-,37-,38-,39-,40-,41-,42-/m0/s1. The van der Waals surface area contributed by atoms with E-state index in [2.05, 4.69) is 42.2 Å². The highest BCUT2D eigenvalue weighted by atomic mass is 16.4. The highest BCUT2D eigenvalue weighted by Gasteiger charge is 2.35. The van der Waals surface area contributed by atoms with Gasteiger partial charge in [0.1, 0.15) is 42.3 Å². The molecule has 0 saturated heterocycles. The Morgan fingerprint density at radius 1 is 0.443 bits per heavy atom. The summed E-state index contributed by atoms with van der Waals surface area (Å²) < 4.78 is 0. The minimum atomic E-state index is -1.86. The lowest BCUT2D eigenvalue weighted by molar-refractivity contribution is -0.143. The van der Waals surface area contributed by atoms with E-state index < -0.39 is 152 Å². The molecule has 0 unspecified atom stereocenters. The van der Waals surface area contributed by atoms with Gasteiger partial charge < -0.3 is 79.2 Å². The van der Waals surface area contributed by atoms with Crippen LogP contribution in [0.25, 0.3) is 10.9 Å². The summed E-state index contributed by atoms with van der Waals surface area (Å²) in [5.74, 6) is -12.6. The van der Waals surface area contributed by atoms with E-state index in [1.54, 1.807) is 91.1 Å². The second kappa shape index (κ2) is 32.1. The van der Waals surface area contributed by atoms with Gasteiger partial charge in [0.15, 0.2) is 0 Å². The number of carboxylic acid groups (broad SMARTS) is 4. The van der Waals surface area contributed by atoms with Crippen molar-refractivity contribution in [2.45, 2.75) is 125 Å². The number of aliphatic carboxylic acids is 4. The Morgan fingerprint density at radius 3 is 1.33 bits per heavy atom. The largest absolute Gasteiger partial charge is 0.481 e. The molecule has 0 spiro atoms. The Morgan fingerprint density at radius 2 is 0.835 bits per heavy atom. The predicted molar refractivity (Wildman–Crippen MR) is 282 cm³/mol. The molecule has 3 aromatic carbocycles. The number of carboxylic acids is 4. The minimum Gasteiger partial charge on any atom is -0.481 e. The van der Waals surface area contributed by atoms with Crippen molar-refractivity contribution in [1.82, 2.24) is 42.2 Å². The Balaban J connectivity index is 1.57. The van der Waals surface area contributed by atoms with Crippen molar-refractivity contribution in [2.75, 3.05) is 13.2 Å². The molecule has 0 aliphatic rings. The molecule has 0 saturated carbocycles. The number of H-pyrrole nitrogens is 1. The van der Waals surface area contributed by atoms with Crippen molar-refractivity contribution in [3.8, 4) is 0 Å². The van der Waals surface area contributed by atoms with Crippen LogP contribution in [0.4, 0.5) is 0 Å². The first kappa shape index (κ1) is 62.8. The summed E-state index contributed by atoms with van der Waals surface area (Å²) in [4.78, 5) is 147. The predicted octanol–water partition coefficient (Wildman–Crippen LogP) is -1.28. The zero-order chi connectivity index (χ0) is 58.0. The zero-order valence-electron chi connectivity index (χ0n) is 43.1. The number of carbonyl (C=O) groups is 11. The smallest absolute Gasteiger partial charge is 0.326 e. The van der Waals surface area contributed by atoms with Crippen LogP contribution in [-0.4, -0.2) is 157 Å². The van der Waals surface area contributed by atoms with E-state index in [4.69, 9.17) is 16.6 Å². The molecule has 4 aromatic rings. The van der Waals surface area contributed by atoms with Crippen molar-refractivity contribution in [2.24, 2.45) is 11.5 Å². The Labute approximate surface area is 453 Å². The Hall–Kier alpha value is -8.75. The van der Waals surface area contributed by atoms with Gasteiger partial charge in [-0.2, -0.15) is 0 Å². The summed E-state index contributed by atoms with van der Waals surface area (Å²) in [7, 11) is 0. The van der Waals surface area contributed by atoms with Gasteiger partial charge >= 0.3 is 23.9 Å². The average molecular weight is 1100 g/mol. The van der Waals surface area contributed by atoms with Gasteiger partial charge in [0.2, 0.25) is 41.4 Å². The molecule has 0 radical (unpaired) electrons. The fraction of sp³-hybridized carbons (Fsp3) is 0.415. The van der Waals surface area contributed by atoms with E-state index in [0.717, 1.165) is 0 Å². The lowest BCUT2D eigenvalue weighted by Gasteiger charge is -2.27. The van der Waals surface area contributed by atoms with E-state index in [-0.39, 0.29) is 45.1 Å². The van der Waals surface area contributed by atoms with E-state index in [1.807, 2.05) is 0 Å². The molecule has 26 heteroatoms. The molecular formula is C53H68N10O16. The molecular weight excluding hydrogens is 1030 g/mol. The summed E-state index contributed by atoms with van der Waals surface area (Å²) in [6.45, 7) is -0.914. The third-order valence-electron chi connectivity index (χ3n) is 12.5. The Kier molecular flexibility index (Phi) is 25.5. The van der Waals surface area contributed by atoms with Crippen LogP contribution in [0.1, 0.15) is 74.5 Å². The van der Waals surface area contributed by atoms with Crippen molar-refractivity contribution >= 4 is 76.1 Å². The van der Waals surface area contributed by atoms with E-state index in [0.29, 0.717) is 34.0 Å². The van der Waals surface area contributed by atoms with E-state index >= 15 is 0 Å². The number of amides is 7. The maximum Gasteiger partial charge on any atom is 0.326 e. The van der Waals surface area contributed by atoms with Crippen LogP contribution in [0, 0.1) is 0 Å². The van der Waals surface area contributed by atoms with Gasteiger partial charge in [-0.05, 0) is 67.8 Å². The summed E-state index contributed by atoms with van der Waals surface area (Å²) >= 11 is 0. The fourth-order valence-corrected chi connectivity index (χ4v) is 8.19. The third kappa shape index (κ3) is 21.3. The van der Waals surface area contributed by atoms with E-state index in [1.165, 1.54) is 0 Å². The number of aliphatic hydroxyl groups excluding tert-OH is 1. The van der Waals surface area contributed by atoms with Crippen LogP contribution in [0.3, 0.4) is 0 Å². The highest BCUT2D eigenvalue weighted by Crippen LogP contribution is 2.20. The number of benzene rings is 3. The van der Waals surface area contributed by atoms with Gasteiger partial charge in [0.25, 0.3) is 0 Å². The number of hydrogen-bond acceptors (Lipinski definition) is 14. The van der Waals surface area contributed by atoms with Crippen molar-refractivity contribution in [3.63, 3.8) is 0 Å². The van der Waals surface area contributed by atoms with Crippen LogP contribution >= 0.6 is 0 Å². The molecule has 26 nitrogen and oxygen atoms in total. The summed E-state index contributed by atoms with van der Waals surface area (Å²) in [5, 5.41) is 66.3. The molecule has 0 fully saturated rings.